The van der Waals surface area contributed by atoms with Gasteiger partial charge in [-0.25, -0.2) is 9.59 Å². The molecule has 150 valence electrons. The van der Waals surface area contributed by atoms with Crippen molar-refractivity contribution in [1.29, 1.82) is 0 Å². The molecule has 0 radical (unpaired) electrons. The molecule has 1 aromatic heterocycles. The Hall–Kier alpha value is -2.90. The largest absolute Gasteiger partial charge is 0.464 e. The number of fused-ring (bicyclic) bond motifs is 1. The summed E-state index contributed by atoms with van der Waals surface area (Å²) in [6.07, 6.45) is 2.19. The highest BCUT2D eigenvalue weighted by Crippen LogP contribution is 2.19. The van der Waals surface area contributed by atoms with Gasteiger partial charge in [-0.3, -0.25) is 18.7 Å². The highest BCUT2D eigenvalue weighted by Gasteiger charge is 2.33. The molecule has 1 aromatic carbocycles. The molecule has 1 atom stereocenters. The minimum absolute atomic E-state index is 0.214. The fourth-order valence-electron chi connectivity index (χ4n) is 3.74. The van der Waals surface area contributed by atoms with E-state index < -0.39 is 17.7 Å². The smallest absolute Gasteiger partial charge is 0.331 e. The molecule has 8 nitrogen and oxygen atoms in total. The van der Waals surface area contributed by atoms with Gasteiger partial charge in [-0.15, -0.1) is 0 Å². The first-order valence-corrected chi connectivity index (χ1v) is 9.68. The van der Waals surface area contributed by atoms with E-state index >= 15 is 0 Å². The molecule has 1 amide bonds. The number of piperidine rings is 1. The fourth-order valence-corrected chi connectivity index (χ4v) is 3.74. The lowest BCUT2D eigenvalue weighted by Gasteiger charge is -2.34. The summed E-state index contributed by atoms with van der Waals surface area (Å²) in [6.45, 7) is 4.13. The zero-order chi connectivity index (χ0) is 20.3. The first kappa shape index (κ1) is 19.9. The molecule has 8 heteroatoms. The molecule has 2 aromatic rings. The predicted octanol–water partition coefficient (Wildman–Crippen LogP) is 1.13. The van der Waals surface area contributed by atoms with E-state index in [1.165, 1.54) is 9.47 Å². The minimum atomic E-state index is -0.625. The SMILES string of the molecule is CCOC(=O)C1CCCCN1C(=O)Cn1c(=O)n(CC)c(=O)c2ccccc21. The fraction of sp³-hybridized carbons (Fsp3) is 0.500. The number of rotatable bonds is 5. The van der Waals surface area contributed by atoms with E-state index in [9.17, 15) is 19.2 Å². The quantitative estimate of drug-likeness (QED) is 0.718. The number of para-hydroxylation sites is 1. The maximum absolute atomic E-state index is 13.0. The van der Waals surface area contributed by atoms with Gasteiger partial charge in [-0.1, -0.05) is 12.1 Å². The van der Waals surface area contributed by atoms with Gasteiger partial charge in [0.05, 0.1) is 17.5 Å². The number of amides is 1. The number of carbonyl (C=O) groups is 2. The van der Waals surface area contributed by atoms with Crippen molar-refractivity contribution in [1.82, 2.24) is 14.0 Å². The van der Waals surface area contributed by atoms with Gasteiger partial charge in [0, 0.05) is 13.1 Å². The summed E-state index contributed by atoms with van der Waals surface area (Å²) in [5.41, 5.74) is -0.473. The van der Waals surface area contributed by atoms with Crippen molar-refractivity contribution >= 4 is 22.8 Å². The molecule has 0 spiro atoms. The molecule has 28 heavy (non-hydrogen) atoms. The Bertz CT molecular complexity index is 1010. The first-order chi connectivity index (χ1) is 13.5. The number of hydrogen-bond donors (Lipinski definition) is 0. The number of aromatic nitrogens is 2. The third kappa shape index (κ3) is 3.58. The molecule has 0 aliphatic carbocycles. The second-order valence-corrected chi connectivity index (χ2v) is 6.79. The molecular weight excluding hydrogens is 362 g/mol. The van der Waals surface area contributed by atoms with E-state index in [0.29, 0.717) is 23.9 Å². The van der Waals surface area contributed by atoms with Gasteiger partial charge in [0.1, 0.15) is 12.6 Å². The molecule has 1 fully saturated rings. The van der Waals surface area contributed by atoms with Crippen molar-refractivity contribution in [3.05, 3.63) is 45.1 Å². The van der Waals surface area contributed by atoms with Crippen LogP contribution in [0.25, 0.3) is 10.9 Å². The first-order valence-electron chi connectivity index (χ1n) is 9.68. The van der Waals surface area contributed by atoms with Crippen LogP contribution in [0.1, 0.15) is 33.1 Å². The van der Waals surface area contributed by atoms with Gasteiger partial charge < -0.3 is 9.64 Å². The van der Waals surface area contributed by atoms with Crippen LogP contribution in [0.2, 0.25) is 0 Å². The molecule has 1 saturated heterocycles. The molecule has 1 unspecified atom stereocenters. The highest BCUT2D eigenvalue weighted by atomic mass is 16.5. The molecule has 2 heterocycles. The van der Waals surface area contributed by atoms with Gasteiger partial charge in [-0.2, -0.15) is 0 Å². The number of likely N-dealkylation sites (tertiary alicyclic amines) is 1. The third-order valence-corrected chi connectivity index (χ3v) is 5.12. The lowest BCUT2D eigenvalue weighted by Crippen LogP contribution is -2.51. The second kappa shape index (κ2) is 8.41. The van der Waals surface area contributed by atoms with Crippen molar-refractivity contribution in [3.63, 3.8) is 0 Å². The van der Waals surface area contributed by atoms with Crippen LogP contribution in [-0.4, -0.2) is 45.1 Å². The van der Waals surface area contributed by atoms with Gasteiger partial charge >= 0.3 is 11.7 Å². The topological polar surface area (TPSA) is 90.6 Å². The summed E-state index contributed by atoms with van der Waals surface area (Å²) in [7, 11) is 0. The Balaban J connectivity index is 2.00. The minimum Gasteiger partial charge on any atom is -0.464 e. The molecule has 1 aliphatic heterocycles. The lowest BCUT2D eigenvalue weighted by molar-refractivity contribution is -0.156. The Morgan fingerprint density at radius 1 is 1.11 bits per heavy atom. The number of carbonyl (C=O) groups excluding carboxylic acids is 2. The molecule has 0 bridgehead atoms. The lowest BCUT2D eigenvalue weighted by atomic mass is 10.0. The van der Waals surface area contributed by atoms with E-state index in [1.54, 1.807) is 38.1 Å². The Morgan fingerprint density at radius 2 is 1.86 bits per heavy atom. The van der Waals surface area contributed by atoms with Crippen LogP contribution in [0.15, 0.2) is 33.9 Å². The average molecular weight is 387 g/mol. The summed E-state index contributed by atoms with van der Waals surface area (Å²) in [5.74, 6) is -0.738. The number of ether oxygens (including phenoxy) is 1. The van der Waals surface area contributed by atoms with Gasteiger partial charge in [0.25, 0.3) is 5.56 Å². The Labute approximate surface area is 162 Å². The molecule has 3 rings (SSSR count). The number of benzene rings is 1. The summed E-state index contributed by atoms with van der Waals surface area (Å²) >= 11 is 0. The Kier molecular flexibility index (Phi) is 5.96. The maximum atomic E-state index is 13.0. The van der Waals surface area contributed by atoms with Crippen LogP contribution in [0.4, 0.5) is 0 Å². The van der Waals surface area contributed by atoms with Gasteiger partial charge in [0.15, 0.2) is 0 Å². The maximum Gasteiger partial charge on any atom is 0.331 e. The van der Waals surface area contributed by atoms with Crippen molar-refractivity contribution in [2.75, 3.05) is 13.2 Å². The normalized spacial score (nSPS) is 16.9. The van der Waals surface area contributed by atoms with Crippen LogP contribution in [-0.2, 0) is 27.4 Å². The molecular formula is C20H25N3O5. The number of hydrogen-bond acceptors (Lipinski definition) is 5. The van der Waals surface area contributed by atoms with E-state index in [-0.39, 0.29) is 31.2 Å². The summed E-state index contributed by atoms with van der Waals surface area (Å²) in [4.78, 5) is 52.2. The zero-order valence-corrected chi connectivity index (χ0v) is 16.2. The van der Waals surface area contributed by atoms with Crippen molar-refractivity contribution in [3.8, 4) is 0 Å². The van der Waals surface area contributed by atoms with E-state index in [2.05, 4.69) is 0 Å². The van der Waals surface area contributed by atoms with Crippen LogP contribution in [0.5, 0.6) is 0 Å². The molecule has 0 saturated carbocycles. The predicted molar refractivity (Wildman–Crippen MR) is 104 cm³/mol. The summed E-state index contributed by atoms with van der Waals surface area (Å²) in [6, 6.07) is 6.12. The standard InChI is InChI=1S/C20H25N3O5/c1-3-21-18(25)14-9-5-6-10-15(14)23(20(21)27)13-17(24)22-12-8-7-11-16(22)19(26)28-4-2/h5-6,9-10,16H,3-4,7-8,11-13H2,1-2H3. The highest BCUT2D eigenvalue weighted by molar-refractivity contribution is 5.86. The van der Waals surface area contributed by atoms with E-state index in [1.807, 2.05) is 0 Å². The molecule has 0 N–H and O–H groups in total. The third-order valence-electron chi connectivity index (χ3n) is 5.12. The number of nitrogens with zero attached hydrogens (tertiary/aromatic N) is 3. The summed E-state index contributed by atoms with van der Waals surface area (Å²) in [5, 5.41) is 0.386. The Morgan fingerprint density at radius 3 is 2.57 bits per heavy atom. The van der Waals surface area contributed by atoms with Crippen LogP contribution >= 0.6 is 0 Å². The average Bonchev–Trinajstić information content (AvgIpc) is 2.71. The van der Waals surface area contributed by atoms with Crippen molar-refractivity contribution < 1.29 is 14.3 Å². The van der Waals surface area contributed by atoms with Crippen LogP contribution in [0.3, 0.4) is 0 Å². The van der Waals surface area contributed by atoms with Crippen LogP contribution < -0.4 is 11.2 Å². The van der Waals surface area contributed by atoms with Gasteiger partial charge in [-0.05, 0) is 45.2 Å². The van der Waals surface area contributed by atoms with Crippen LogP contribution in [0, 0.1) is 0 Å². The van der Waals surface area contributed by atoms with E-state index in [4.69, 9.17) is 4.74 Å². The molecule has 1 aliphatic rings. The van der Waals surface area contributed by atoms with E-state index in [0.717, 1.165) is 17.4 Å². The van der Waals surface area contributed by atoms with Crippen molar-refractivity contribution in [2.45, 2.75) is 52.2 Å². The monoisotopic (exact) mass is 387 g/mol. The van der Waals surface area contributed by atoms with Crippen molar-refractivity contribution in [2.24, 2.45) is 0 Å². The summed E-state index contributed by atoms with van der Waals surface area (Å²) < 4.78 is 7.55. The zero-order valence-electron chi connectivity index (χ0n) is 16.2. The number of esters is 1. The van der Waals surface area contributed by atoms with Gasteiger partial charge in [0.2, 0.25) is 5.91 Å². The second-order valence-electron chi connectivity index (χ2n) is 6.79.